The van der Waals surface area contributed by atoms with Gasteiger partial charge in [-0.25, -0.2) is 4.98 Å². The average Bonchev–Trinajstić information content (AvgIpc) is 3.35. The van der Waals surface area contributed by atoms with Crippen LogP contribution in [0.25, 0.3) is 4.96 Å². The summed E-state index contributed by atoms with van der Waals surface area (Å²) in [6, 6.07) is 21.6. The highest BCUT2D eigenvalue weighted by atomic mass is 32.1. The minimum absolute atomic E-state index is 0.00659. The second-order valence-corrected chi connectivity index (χ2v) is 9.18. The number of carbonyl (C=O) groups excluding carboxylic acids is 1. The minimum Gasteiger partial charge on any atom is -0.359 e. The zero-order chi connectivity index (χ0) is 23.3. The first-order valence-corrected chi connectivity index (χ1v) is 12.2. The monoisotopic (exact) mass is 474 g/mol. The summed E-state index contributed by atoms with van der Waals surface area (Å²) in [7, 11) is 0. The zero-order valence-corrected chi connectivity index (χ0v) is 19.6. The van der Waals surface area contributed by atoms with Gasteiger partial charge in [0.05, 0.1) is 5.69 Å². The minimum atomic E-state index is -0.287. The van der Waals surface area contributed by atoms with Gasteiger partial charge in [-0.3, -0.25) is 18.9 Å². The number of ether oxygens (including phenoxy) is 1. The van der Waals surface area contributed by atoms with Gasteiger partial charge in [-0.05, 0) is 11.1 Å². The number of amides is 1. The molecule has 0 aliphatic carbocycles. The van der Waals surface area contributed by atoms with E-state index < -0.39 is 0 Å². The third kappa shape index (κ3) is 5.09. The Morgan fingerprint density at radius 2 is 1.62 bits per heavy atom. The Labute approximate surface area is 201 Å². The van der Waals surface area contributed by atoms with Crippen LogP contribution in [-0.2, 0) is 16.1 Å². The number of rotatable bonds is 7. The zero-order valence-electron chi connectivity index (χ0n) is 18.7. The summed E-state index contributed by atoms with van der Waals surface area (Å²) in [6.07, 6.45) is 1.45. The lowest BCUT2D eigenvalue weighted by molar-refractivity contribution is -0.139. The fourth-order valence-electron chi connectivity index (χ4n) is 4.24. The molecule has 0 spiro atoms. The van der Waals surface area contributed by atoms with Gasteiger partial charge in [-0.1, -0.05) is 60.7 Å². The van der Waals surface area contributed by atoms with Crippen molar-refractivity contribution in [3.05, 3.63) is 105 Å². The van der Waals surface area contributed by atoms with Crippen molar-refractivity contribution in [3.8, 4) is 0 Å². The Morgan fingerprint density at radius 1 is 0.971 bits per heavy atom. The van der Waals surface area contributed by atoms with Gasteiger partial charge < -0.3 is 9.64 Å². The molecule has 4 aromatic rings. The number of nitrogens with zero attached hydrogens (tertiary/aromatic N) is 4. The van der Waals surface area contributed by atoms with Gasteiger partial charge in [0.25, 0.3) is 5.56 Å². The van der Waals surface area contributed by atoms with Crippen molar-refractivity contribution in [3.63, 3.8) is 0 Å². The van der Waals surface area contributed by atoms with E-state index in [1.165, 1.54) is 11.3 Å². The third-order valence-electron chi connectivity index (χ3n) is 6.04. The SMILES string of the molecule is O=C(COC(c1ccccc1)c1ccccc1)N1CCN(Cc2cc(=O)n3ccsc3n2)CC1. The van der Waals surface area contributed by atoms with Crippen molar-refractivity contribution in [2.45, 2.75) is 12.6 Å². The highest BCUT2D eigenvalue weighted by molar-refractivity contribution is 7.15. The number of hydrogen-bond donors (Lipinski definition) is 0. The predicted octanol–water partition coefficient (Wildman–Crippen LogP) is 3.21. The number of benzene rings is 2. The summed E-state index contributed by atoms with van der Waals surface area (Å²) in [5, 5.41) is 1.86. The first kappa shape index (κ1) is 22.5. The van der Waals surface area contributed by atoms with Crippen LogP contribution in [0.3, 0.4) is 0 Å². The van der Waals surface area contributed by atoms with E-state index in [0.29, 0.717) is 24.6 Å². The molecule has 0 unspecified atom stereocenters. The average molecular weight is 475 g/mol. The van der Waals surface area contributed by atoms with Crippen LogP contribution < -0.4 is 5.56 Å². The number of carbonyl (C=O) groups is 1. The van der Waals surface area contributed by atoms with Crippen LogP contribution in [0.1, 0.15) is 22.9 Å². The molecule has 3 heterocycles. The molecule has 34 heavy (non-hydrogen) atoms. The molecule has 0 N–H and O–H groups in total. The Balaban J connectivity index is 1.17. The maximum absolute atomic E-state index is 12.9. The topological polar surface area (TPSA) is 67.2 Å². The van der Waals surface area contributed by atoms with Crippen molar-refractivity contribution in [1.29, 1.82) is 0 Å². The maximum Gasteiger partial charge on any atom is 0.258 e. The highest BCUT2D eigenvalue weighted by Crippen LogP contribution is 2.25. The Kier molecular flexibility index (Phi) is 6.80. The highest BCUT2D eigenvalue weighted by Gasteiger charge is 2.23. The molecule has 0 saturated carbocycles. The standard InChI is InChI=1S/C26H26N4O3S/c31-23-17-22(27-26-30(23)15-16-34-26)18-28-11-13-29(14-12-28)24(32)19-33-25(20-7-3-1-4-8-20)21-9-5-2-6-10-21/h1-10,15-17,25H,11-14,18-19H2. The lowest BCUT2D eigenvalue weighted by atomic mass is 10.0. The summed E-state index contributed by atoms with van der Waals surface area (Å²) < 4.78 is 7.71. The van der Waals surface area contributed by atoms with E-state index in [2.05, 4.69) is 9.88 Å². The van der Waals surface area contributed by atoms with Crippen LogP contribution in [0.15, 0.2) is 83.1 Å². The number of piperazine rings is 1. The molecule has 7 nitrogen and oxygen atoms in total. The van der Waals surface area contributed by atoms with Gasteiger partial charge in [0.1, 0.15) is 12.7 Å². The molecular formula is C26H26N4O3S. The molecule has 1 amide bonds. The molecule has 1 aliphatic rings. The molecule has 2 aromatic heterocycles. The largest absolute Gasteiger partial charge is 0.359 e. The molecule has 2 aromatic carbocycles. The number of fused-ring (bicyclic) bond motifs is 1. The second-order valence-electron chi connectivity index (χ2n) is 8.31. The summed E-state index contributed by atoms with van der Waals surface area (Å²) in [5.74, 6) is -0.00659. The summed E-state index contributed by atoms with van der Waals surface area (Å²) in [5.41, 5.74) is 2.76. The second kappa shape index (κ2) is 10.3. The molecule has 0 atom stereocenters. The Morgan fingerprint density at radius 3 is 2.26 bits per heavy atom. The Hall–Kier alpha value is -3.33. The third-order valence-corrected chi connectivity index (χ3v) is 6.80. The van der Waals surface area contributed by atoms with E-state index in [1.807, 2.05) is 70.9 Å². The van der Waals surface area contributed by atoms with E-state index in [9.17, 15) is 9.59 Å². The van der Waals surface area contributed by atoms with Gasteiger partial charge in [0, 0.05) is 50.4 Å². The molecule has 1 aliphatic heterocycles. The smallest absolute Gasteiger partial charge is 0.258 e. The molecule has 1 saturated heterocycles. The van der Waals surface area contributed by atoms with Crippen molar-refractivity contribution >= 4 is 22.2 Å². The molecule has 0 bridgehead atoms. The molecule has 0 radical (unpaired) electrons. The van der Waals surface area contributed by atoms with Crippen molar-refractivity contribution in [2.24, 2.45) is 0 Å². The van der Waals surface area contributed by atoms with Crippen molar-refractivity contribution in [2.75, 3.05) is 32.8 Å². The van der Waals surface area contributed by atoms with Crippen LogP contribution in [-0.4, -0.2) is 57.9 Å². The van der Waals surface area contributed by atoms with Crippen LogP contribution in [0, 0.1) is 0 Å². The van der Waals surface area contributed by atoms with Crippen molar-refractivity contribution in [1.82, 2.24) is 19.2 Å². The lowest BCUT2D eigenvalue weighted by Crippen LogP contribution is -2.49. The van der Waals surface area contributed by atoms with Gasteiger partial charge in [0.2, 0.25) is 5.91 Å². The molecule has 5 rings (SSSR count). The van der Waals surface area contributed by atoms with Crippen LogP contribution >= 0.6 is 11.3 Å². The van der Waals surface area contributed by atoms with E-state index in [1.54, 1.807) is 16.7 Å². The van der Waals surface area contributed by atoms with Gasteiger partial charge in [-0.2, -0.15) is 0 Å². The van der Waals surface area contributed by atoms with Crippen LogP contribution in [0.2, 0.25) is 0 Å². The number of aromatic nitrogens is 2. The summed E-state index contributed by atoms with van der Waals surface area (Å²) in [6.45, 7) is 3.36. The van der Waals surface area contributed by atoms with Crippen LogP contribution in [0.5, 0.6) is 0 Å². The number of thiazole rings is 1. The molecular weight excluding hydrogens is 448 g/mol. The van der Waals surface area contributed by atoms with Gasteiger partial charge in [0.15, 0.2) is 4.96 Å². The molecule has 174 valence electrons. The maximum atomic E-state index is 12.9. The summed E-state index contributed by atoms with van der Waals surface area (Å²) >= 11 is 1.45. The fourth-order valence-corrected chi connectivity index (χ4v) is 4.98. The van der Waals surface area contributed by atoms with Crippen LogP contribution in [0.4, 0.5) is 0 Å². The lowest BCUT2D eigenvalue weighted by Gasteiger charge is -2.34. The molecule has 1 fully saturated rings. The quantitative estimate of drug-likeness (QED) is 0.412. The van der Waals surface area contributed by atoms with E-state index in [0.717, 1.165) is 29.9 Å². The van der Waals surface area contributed by atoms with Crippen molar-refractivity contribution < 1.29 is 9.53 Å². The van der Waals surface area contributed by atoms with E-state index >= 15 is 0 Å². The van der Waals surface area contributed by atoms with E-state index in [-0.39, 0.29) is 24.2 Å². The van der Waals surface area contributed by atoms with E-state index in [4.69, 9.17) is 4.74 Å². The Bertz CT molecular complexity index is 1260. The number of hydrogen-bond acceptors (Lipinski definition) is 6. The first-order valence-electron chi connectivity index (χ1n) is 11.3. The van der Waals surface area contributed by atoms with Gasteiger partial charge >= 0.3 is 0 Å². The predicted molar refractivity (Wildman–Crippen MR) is 132 cm³/mol. The molecule has 8 heteroatoms. The fraction of sp³-hybridized carbons (Fsp3) is 0.269. The normalized spacial score (nSPS) is 14.7. The summed E-state index contributed by atoms with van der Waals surface area (Å²) in [4.78, 5) is 34.5. The van der Waals surface area contributed by atoms with Gasteiger partial charge in [-0.15, -0.1) is 11.3 Å². The first-order chi connectivity index (χ1) is 16.7.